The lowest BCUT2D eigenvalue weighted by Crippen LogP contribution is -2.54. The van der Waals surface area contributed by atoms with Crippen LogP contribution in [0.3, 0.4) is 0 Å². The number of halogens is 1. The van der Waals surface area contributed by atoms with Crippen molar-refractivity contribution in [2.24, 2.45) is 10.8 Å². The van der Waals surface area contributed by atoms with Crippen LogP contribution in [-0.2, 0) is 14.3 Å². The van der Waals surface area contributed by atoms with Crippen molar-refractivity contribution in [3.8, 4) is 0 Å². The molecular formula is C28H39ClN4O4S. The van der Waals surface area contributed by atoms with Crippen molar-refractivity contribution in [1.82, 2.24) is 10.2 Å². The van der Waals surface area contributed by atoms with Crippen LogP contribution in [0.5, 0.6) is 0 Å². The maximum atomic E-state index is 13.7. The van der Waals surface area contributed by atoms with E-state index in [9.17, 15) is 14.4 Å². The van der Waals surface area contributed by atoms with Crippen LogP contribution in [0.2, 0.25) is 4.34 Å². The Kier molecular flexibility index (Phi) is 9.97. The van der Waals surface area contributed by atoms with Gasteiger partial charge in [0.1, 0.15) is 12.6 Å². The summed E-state index contributed by atoms with van der Waals surface area (Å²) in [5, 5.41) is 5.97. The van der Waals surface area contributed by atoms with E-state index in [-0.39, 0.29) is 41.7 Å². The van der Waals surface area contributed by atoms with Crippen molar-refractivity contribution < 1.29 is 19.1 Å². The summed E-state index contributed by atoms with van der Waals surface area (Å²) in [5.74, 6) is -0.556. The molecule has 1 aliphatic rings. The summed E-state index contributed by atoms with van der Waals surface area (Å²) >= 11 is 7.21. The number of rotatable bonds is 9. The fraction of sp³-hybridized carbons (Fsp3) is 0.536. The Bertz CT molecular complexity index is 1110. The zero-order valence-electron chi connectivity index (χ0n) is 23.1. The lowest BCUT2D eigenvalue weighted by atomic mass is 9.90. The van der Waals surface area contributed by atoms with E-state index < -0.39 is 6.04 Å². The van der Waals surface area contributed by atoms with Crippen molar-refractivity contribution in [3.05, 3.63) is 45.6 Å². The van der Waals surface area contributed by atoms with Crippen LogP contribution in [0.4, 0.5) is 11.4 Å². The molecule has 10 heteroatoms. The second-order valence-corrected chi connectivity index (χ2v) is 13.7. The zero-order chi connectivity index (χ0) is 28.1. The molecule has 2 aromatic rings. The number of thiophene rings is 1. The summed E-state index contributed by atoms with van der Waals surface area (Å²) in [5.41, 5.74) is 1.24. The van der Waals surface area contributed by atoms with Crippen LogP contribution in [0.25, 0.3) is 0 Å². The Labute approximate surface area is 234 Å². The fourth-order valence-electron chi connectivity index (χ4n) is 4.34. The van der Waals surface area contributed by atoms with E-state index in [2.05, 4.69) is 57.1 Å². The highest BCUT2D eigenvalue weighted by atomic mass is 35.5. The van der Waals surface area contributed by atoms with E-state index >= 15 is 0 Å². The normalized spacial score (nSPS) is 15.5. The van der Waals surface area contributed by atoms with E-state index in [4.69, 9.17) is 16.3 Å². The number of carbonyl (C=O) groups is 3. The van der Waals surface area contributed by atoms with E-state index in [1.54, 1.807) is 29.2 Å². The average molecular weight is 563 g/mol. The van der Waals surface area contributed by atoms with E-state index in [0.29, 0.717) is 41.1 Å². The molecule has 2 N–H and O–H groups in total. The monoisotopic (exact) mass is 562 g/mol. The predicted octanol–water partition coefficient (Wildman–Crippen LogP) is 4.90. The van der Waals surface area contributed by atoms with Crippen LogP contribution >= 0.6 is 22.9 Å². The second kappa shape index (κ2) is 12.6. The summed E-state index contributed by atoms with van der Waals surface area (Å²) in [6.07, 6.45) is 0. The average Bonchev–Trinajstić information content (AvgIpc) is 3.24. The summed E-state index contributed by atoms with van der Waals surface area (Å²) in [6, 6.07) is 9.98. The standard InChI is InChI=1S/C28H39ClN4O4S/c1-27(2,3)17-32(18-28(4,5)6)21(15-30-26(36)22-11-12-23(29)38-22)25(35)31-19-7-9-20(10-8-19)33-13-14-37-16-24(33)34/h7-12,21H,13-18H2,1-6H3,(H,30,36)(H,31,35)/t21-/m1/s1. The number of carbonyl (C=O) groups excluding carboxylic acids is 3. The Morgan fingerprint density at radius 2 is 1.68 bits per heavy atom. The summed E-state index contributed by atoms with van der Waals surface area (Å²) in [7, 11) is 0. The number of ether oxygens (including phenoxy) is 1. The van der Waals surface area contributed by atoms with Crippen molar-refractivity contribution >= 4 is 52.0 Å². The van der Waals surface area contributed by atoms with Gasteiger partial charge >= 0.3 is 0 Å². The quantitative estimate of drug-likeness (QED) is 0.454. The Morgan fingerprint density at radius 1 is 1.05 bits per heavy atom. The Hall–Kier alpha value is -2.46. The molecule has 0 aliphatic carbocycles. The summed E-state index contributed by atoms with van der Waals surface area (Å²) in [4.78, 5) is 43.0. The van der Waals surface area contributed by atoms with Crippen molar-refractivity contribution in [3.63, 3.8) is 0 Å². The largest absolute Gasteiger partial charge is 0.370 e. The van der Waals surface area contributed by atoms with E-state index in [1.807, 2.05) is 12.1 Å². The number of morpholine rings is 1. The number of anilines is 2. The lowest BCUT2D eigenvalue weighted by molar-refractivity contribution is -0.125. The molecular weight excluding hydrogens is 524 g/mol. The Morgan fingerprint density at radius 3 is 2.21 bits per heavy atom. The van der Waals surface area contributed by atoms with Gasteiger partial charge in [0.15, 0.2) is 0 Å². The molecule has 8 nitrogen and oxygen atoms in total. The number of benzene rings is 1. The number of hydrogen-bond acceptors (Lipinski definition) is 6. The van der Waals surface area contributed by atoms with Gasteiger partial charge in [-0.1, -0.05) is 53.1 Å². The van der Waals surface area contributed by atoms with Crippen molar-refractivity contribution in [2.45, 2.75) is 47.6 Å². The van der Waals surface area contributed by atoms with Gasteiger partial charge in [0.2, 0.25) is 5.91 Å². The van der Waals surface area contributed by atoms with Crippen LogP contribution in [0.15, 0.2) is 36.4 Å². The molecule has 0 unspecified atom stereocenters. The number of hydrogen-bond donors (Lipinski definition) is 2. The fourth-order valence-corrected chi connectivity index (χ4v) is 5.30. The minimum Gasteiger partial charge on any atom is -0.370 e. The van der Waals surface area contributed by atoms with Crippen LogP contribution in [0, 0.1) is 10.8 Å². The van der Waals surface area contributed by atoms with Crippen LogP contribution in [-0.4, -0.2) is 68.1 Å². The SMILES string of the molecule is CC(C)(C)CN(CC(C)(C)C)[C@H](CNC(=O)c1ccc(Cl)s1)C(=O)Nc1ccc(N2CCOCC2=O)cc1. The zero-order valence-corrected chi connectivity index (χ0v) is 24.7. The molecule has 2 heterocycles. The third kappa shape index (κ3) is 9.08. The molecule has 0 radical (unpaired) electrons. The highest BCUT2D eigenvalue weighted by molar-refractivity contribution is 7.18. The van der Waals surface area contributed by atoms with Gasteiger partial charge in [0, 0.05) is 37.6 Å². The highest BCUT2D eigenvalue weighted by Gasteiger charge is 2.32. The van der Waals surface area contributed by atoms with Gasteiger partial charge in [-0.3, -0.25) is 19.3 Å². The van der Waals surface area contributed by atoms with Gasteiger partial charge < -0.3 is 20.3 Å². The summed E-state index contributed by atoms with van der Waals surface area (Å²) < 4.78 is 5.74. The molecule has 1 aromatic heterocycles. The number of amides is 3. The van der Waals surface area contributed by atoms with Gasteiger partial charge in [-0.2, -0.15) is 0 Å². The minimum absolute atomic E-state index is 0.0680. The summed E-state index contributed by atoms with van der Waals surface area (Å²) in [6.45, 7) is 15.3. The molecule has 208 valence electrons. The first-order valence-corrected chi connectivity index (χ1v) is 14.0. The first-order valence-electron chi connectivity index (χ1n) is 12.8. The molecule has 0 spiro atoms. The second-order valence-electron chi connectivity index (χ2n) is 12.0. The van der Waals surface area contributed by atoms with E-state index in [1.165, 1.54) is 11.3 Å². The molecule has 1 aromatic carbocycles. The highest BCUT2D eigenvalue weighted by Crippen LogP contribution is 2.25. The first-order chi connectivity index (χ1) is 17.7. The topological polar surface area (TPSA) is 91.0 Å². The third-order valence-electron chi connectivity index (χ3n) is 5.78. The van der Waals surface area contributed by atoms with Gasteiger partial charge in [0.25, 0.3) is 11.8 Å². The van der Waals surface area contributed by atoms with Gasteiger partial charge in [-0.25, -0.2) is 0 Å². The predicted molar refractivity (Wildman–Crippen MR) is 154 cm³/mol. The molecule has 1 atom stereocenters. The van der Waals surface area contributed by atoms with Crippen molar-refractivity contribution in [2.75, 3.05) is 49.6 Å². The third-order valence-corrected chi connectivity index (χ3v) is 7.01. The molecule has 38 heavy (non-hydrogen) atoms. The van der Waals surface area contributed by atoms with Crippen LogP contribution < -0.4 is 15.5 Å². The molecule has 0 bridgehead atoms. The number of nitrogens with one attached hydrogen (secondary N) is 2. The Balaban J connectivity index is 1.80. The maximum Gasteiger partial charge on any atom is 0.261 e. The first kappa shape index (κ1) is 30.1. The minimum atomic E-state index is -0.603. The van der Waals surface area contributed by atoms with Gasteiger partial charge in [-0.05, 0) is 47.2 Å². The van der Waals surface area contributed by atoms with Crippen LogP contribution in [0.1, 0.15) is 51.2 Å². The van der Waals surface area contributed by atoms with Gasteiger partial charge in [0.05, 0.1) is 15.8 Å². The molecule has 1 saturated heterocycles. The molecule has 1 fully saturated rings. The van der Waals surface area contributed by atoms with Crippen molar-refractivity contribution in [1.29, 1.82) is 0 Å². The molecule has 3 rings (SSSR count). The molecule has 1 aliphatic heterocycles. The van der Waals surface area contributed by atoms with Gasteiger partial charge in [-0.15, -0.1) is 11.3 Å². The lowest BCUT2D eigenvalue weighted by Gasteiger charge is -2.39. The smallest absolute Gasteiger partial charge is 0.261 e. The molecule has 3 amide bonds. The number of nitrogens with zero attached hydrogens (tertiary/aromatic N) is 2. The van der Waals surface area contributed by atoms with E-state index in [0.717, 1.165) is 5.69 Å². The molecule has 0 saturated carbocycles. The maximum absolute atomic E-state index is 13.7.